The number of hydrogen-bond donors (Lipinski definition) is 2. The van der Waals surface area contributed by atoms with Crippen LogP contribution >= 0.6 is 0 Å². The van der Waals surface area contributed by atoms with Gasteiger partial charge in [0.05, 0.1) is 6.54 Å². The fourth-order valence-electron chi connectivity index (χ4n) is 3.18. The van der Waals surface area contributed by atoms with Crippen LogP contribution in [-0.4, -0.2) is 81.4 Å². The molecule has 30 heavy (non-hydrogen) atoms. The summed E-state index contributed by atoms with van der Waals surface area (Å²) in [7, 11) is 2.16. The van der Waals surface area contributed by atoms with Gasteiger partial charge in [-0.05, 0) is 37.6 Å². The van der Waals surface area contributed by atoms with Crippen LogP contribution in [0.25, 0.3) is 0 Å². The maximum absolute atomic E-state index is 12.2. The third-order valence-electron chi connectivity index (χ3n) is 4.87. The van der Waals surface area contributed by atoms with Crippen molar-refractivity contribution in [2.24, 2.45) is 10.9 Å². The Labute approximate surface area is 177 Å². The first-order chi connectivity index (χ1) is 14.2. The topological polar surface area (TPSA) is 52.1 Å². The predicted molar refractivity (Wildman–Crippen MR) is 114 cm³/mol. The van der Waals surface area contributed by atoms with E-state index < -0.39 is 12.8 Å². The van der Waals surface area contributed by atoms with Crippen molar-refractivity contribution >= 4 is 5.96 Å². The summed E-state index contributed by atoms with van der Waals surface area (Å²) < 4.78 is 41.4. The molecule has 0 aromatic heterocycles. The number of halogens is 3. The minimum absolute atomic E-state index is 0.197. The van der Waals surface area contributed by atoms with Gasteiger partial charge in [0.15, 0.2) is 12.6 Å². The van der Waals surface area contributed by atoms with Crippen molar-refractivity contribution in [2.45, 2.75) is 26.6 Å². The Kier molecular flexibility index (Phi) is 9.71. The number of nitrogens with one attached hydrogen (secondary N) is 2. The molecule has 2 N–H and O–H groups in total. The van der Waals surface area contributed by atoms with Gasteiger partial charge in [0.2, 0.25) is 0 Å². The Hall–Kier alpha value is -2.00. The molecule has 0 spiro atoms. The van der Waals surface area contributed by atoms with Crippen LogP contribution in [0.4, 0.5) is 13.2 Å². The van der Waals surface area contributed by atoms with Crippen molar-refractivity contribution in [1.82, 2.24) is 20.4 Å². The molecule has 9 heteroatoms. The van der Waals surface area contributed by atoms with E-state index in [-0.39, 0.29) is 5.75 Å². The standard InChI is InChI=1S/C21H34F3N5O/c1-4-25-20(26-13-17(2)15-29-11-9-28(3)10-12-29)27-14-18-5-7-19(8-6-18)30-16-21(22,23)24/h5-8,17H,4,9-16H2,1-3H3,(H2,25,26,27). The highest BCUT2D eigenvalue weighted by molar-refractivity contribution is 5.79. The van der Waals surface area contributed by atoms with E-state index in [1.807, 2.05) is 6.92 Å². The number of hydrogen-bond acceptors (Lipinski definition) is 4. The first-order valence-corrected chi connectivity index (χ1v) is 10.5. The number of rotatable bonds is 9. The number of alkyl halides is 3. The number of nitrogens with zero attached hydrogens (tertiary/aromatic N) is 3. The van der Waals surface area contributed by atoms with E-state index in [4.69, 9.17) is 4.74 Å². The van der Waals surface area contributed by atoms with E-state index in [1.165, 1.54) is 12.1 Å². The summed E-state index contributed by atoms with van der Waals surface area (Å²) in [5.74, 6) is 1.42. The Balaban J connectivity index is 1.79. The molecular weight excluding hydrogens is 395 g/mol. The monoisotopic (exact) mass is 429 g/mol. The van der Waals surface area contributed by atoms with Gasteiger partial charge in [-0.1, -0.05) is 19.1 Å². The van der Waals surface area contributed by atoms with Gasteiger partial charge in [-0.25, -0.2) is 4.99 Å². The molecule has 1 unspecified atom stereocenters. The average Bonchev–Trinajstić information content (AvgIpc) is 2.70. The zero-order valence-electron chi connectivity index (χ0n) is 18.1. The van der Waals surface area contributed by atoms with Crippen LogP contribution in [0.15, 0.2) is 29.3 Å². The molecule has 0 bridgehead atoms. The number of benzene rings is 1. The lowest BCUT2D eigenvalue weighted by atomic mass is 10.1. The number of piperazine rings is 1. The summed E-state index contributed by atoms with van der Waals surface area (Å²) in [6.07, 6.45) is -4.34. The second-order valence-electron chi connectivity index (χ2n) is 7.83. The number of ether oxygens (including phenoxy) is 1. The van der Waals surface area contributed by atoms with E-state index >= 15 is 0 Å². The van der Waals surface area contributed by atoms with Crippen LogP contribution in [0.1, 0.15) is 19.4 Å². The fraction of sp³-hybridized carbons (Fsp3) is 0.667. The molecule has 1 saturated heterocycles. The quantitative estimate of drug-likeness (QED) is 0.467. The smallest absolute Gasteiger partial charge is 0.422 e. The fourth-order valence-corrected chi connectivity index (χ4v) is 3.18. The zero-order chi connectivity index (χ0) is 22.0. The molecule has 0 saturated carbocycles. The van der Waals surface area contributed by atoms with E-state index in [0.717, 1.165) is 57.3 Å². The van der Waals surface area contributed by atoms with Gasteiger partial charge >= 0.3 is 6.18 Å². The van der Waals surface area contributed by atoms with Gasteiger partial charge in [-0.15, -0.1) is 0 Å². The van der Waals surface area contributed by atoms with Crippen molar-refractivity contribution < 1.29 is 17.9 Å². The third-order valence-corrected chi connectivity index (χ3v) is 4.87. The Morgan fingerprint density at radius 1 is 1.13 bits per heavy atom. The first-order valence-electron chi connectivity index (χ1n) is 10.5. The summed E-state index contributed by atoms with van der Waals surface area (Å²) in [5, 5.41) is 6.62. The maximum atomic E-state index is 12.2. The van der Waals surface area contributed by atoms with Gasteiger partial charge in [0, 0.05) is 45.8 Å². The van der Waals surface area contributed by atoms with Crippen LogP contribution in [0.5, 0.6) is 5.75 Å². The van der Waals surface area contributed by atoms with E-state index in [9.17, 15) is 13.2 Å². The third kappa shape index (κ3) is 9.67. The lowest BCUT2D eigenvalue weighted by Crippen LogP contribution is -2.47. The van der Waals surface area contributed by atoms with Crippen molar-refractivity contribution in [2.75, 3.05) is 59.5 Å². The Morgan fingerprint density at radius 3 is 2.40 bits per heavy atom. The van der Waals surface area contributed by atoms with Gasteiger partial charge in [0.25, 0.3) is 0 Å². The lowest BCUT2D eigenvalue weighted by Gasteiger charge is -2.34. The van der Waals surface area contributed by atoms with E-state index in [1.54, 1.807) is 12.1 Å². The molecule has 1 aromatic carbocycles. The Bertz CT molecular complexity index is 643. The highest BCUT2D eigenvalue weighted by atomic mass is 19.4. The molecule has 0 radical (unpaired) electrons. The minimum atomic E-state index is -4.34. The maximum Gasteiger partial charge on any atom is 0.422 e. The molecule has 1 atom stereocenters. The van der Waals surface area contributed by atoms with E-state index in [2.05, 4.69) is 39.4 Å². The van der Waals surface area contributed by atoms with Gasteiger partial charge < -0.3 is 25.2 Å². The lowest BCUT2D eigenvalue weighted by molar-refractivity contribution is -0.153. The summed E-state index contributed by atoms with van der Waals surface area (Å²) >= 11 is 0. The number of guanidine groups is 1. The molecule has 0 amide bonds. The predicted octanol–water partition coefficient (Wildman–Crippen LogP) is 2.57. The average molecular weight is 430 g/mol. The molecule has 0 aliphatic carbocycles. The summed E-state index contributed by atoms with van der Waals surface area (Å²) in [6.45, 7) is 10.5. The second-order valence-corrected chi connectivity index (χ2v) is 7.83. The minimum Gasteiger partial charge on any atom is -0.484 e. The molecule has 170 valence electrons. The van der Waals surface area contributed by atoms with Crippen molar-refractivity contribution in [3.05, 3.63) is 29.8 Å². The SMILES string of the molecule is CCNC(=NCc1ccc(OCC(F)(F)F)cc1)NCC(C)CN1CCN(C)CC1. The normalized spacial score (nSPS) is 17.6. The van der Waals surface area contributed by atoms with Crippen molar-refractivity contribution in [3.8, 4) is 5.75 Å². The van der Waals surface area contributed by atoms with Crippen LogP contribution in [0.2, 0.25) is 0 Å². The van der Waals surface area contributed by atoms with Crippen LogP contribution < -0.4 is 15.4 Å². The summed E-state index contributed by atoms with van der Waals surface area (Å²) in [4.78, 5) is 9.43. The van der Waals surface area contributed by atoms with E-state index in [0.29, 0.717) is 12.5 Å². The van der Waals surface area contributed by atoms with Gasteiger partial charge in [-0.2, -0.15) is 13.2 Å². The molecule has 1 aromatic rings. The van der Waals surface area contributed by atoms with Crippen LogP contribution in [0, 0.1) is 5.92 Å². The summed E-state index contributed by atoms with van der Waals surface area (Å²) in [6, 6.07) is 6.54. The molecule has 1 aliphatic heterocycles. The molecule has 6 nitrogen and oxygen atoms in total. The molecule has 1 fully saturated rings. The largest absolute Gasteiger partial charge is 0.484 e. The number of aliphatic imine (C=N–C) groups is 1. The molecule has 1 aliphatic rings. The van der Waals surface area contributed by atoms with Crippen molar-refractivity contribution in [3.63, 3.8) is 0 Å². The Morgan fingerprint density at radius 2 is 1.80 bits per heavy atom. The highest BCUT2D eigenvalue weighted by Crippen LogP contribution is 2.19. The van der Waals surface area contributed by atoms with Crippen LogP contribution in [0.3, 0.4) is 0 Å². The molecule has 2 rings (SSSR count). The van der Waals surface area contributed by atoms with Crippen molar-refractivity contribution in [1.29, 1.82) is 0 Å². The first kappa shape index (κ1) is 24.3. The molecule has 1 heterocycles. The molecular formula is C21H34F3N5O. The zero-order valence-corrected chi connectivity index (χ0v) is 18.1. The highest BCUT2D eigenvalue weighted by Gasteiger charge is 2.28. The van der Waals surface area contributed by atoms with Crippen LogP contribution in [-0.2, 0) is 6.54 Å². The van der Waals surface area contributed by atoms with Gasteiger partial charge in [-0.3, -0.25) is 0 Å². The summed E-state index contributed by atoms with van der Waals surface area (Å²) in [5.41, 5.74) is 0.900. The van der Waals surface area contributed by atoms with Gasteiger partial charge in [0.1, 0.15) is 5.75 Å². The second kappa shape index (κ2) is 12.0. The number of likely N-dealkylation sites (N-methyl/N-ethyl adjacent to an activating group) is 1.